The van der Waals surface area contributed by atoms with Crippen LogP contribution >= 0.6 is 12.2 Å². The molecule has 0 aliphatic carbocycles. The van der Waals surface area contributed by atoms with Crippen LogP contribution in [0, 0.1) is 0 Å². The van der Waals surface area contributed by atoms with E-state index < -0.39 is 11.7 Å². The second-order valence-electron chi connectivity index (χ2n) is 4.23. The summed E-state index contributed by atoms with van der Waals surface area (Å²) in [6.07, 6.45) is 2.20. The molecule has 0 atom stereocenters. The van der Waals surface area contributed by atoms with Crippen LogP contribution in [0.4, 0.5) is 4.79 Å². The molecule has 0 aromatic carbocycles. The number of nitrogens with two attached hydrogens (primary N) is 1. The average molecular weight is 273 g/mol. The number of alkyl carbamates (subject to hydrolysis) is 1. The number of hydrogen-bond donors (Lipinski definition) is 2. The van der Waals surface area contributed by atoms with Gasteiger partial charge in [0.1, 0.15) is 16.3 Å². The van der Waals surface area contributed by atoms with Crippen molar-refractivity contribution in [2.75, 3.05) is 6.61 Å². The van der Waals surface area contributed by atoms with Crippen LogP contribution in [0.1, 0.15) is 27.7 Å². The van der Waals surface area contributed by atoms with Gasteiger partial charge in [-0.3, -0.25) is 5.32 Å². The molecule has 3 N–H and O–H groups in total. The molecule has 0 radical (unpaired) electrons. The summed E-state index contributed by atoms with van der Waals surface area (Å²) in [7, 11) is 0. The maximum Gasteiger partial charge on any atom is 0.412 e. The Labute approximate surface area is 112 Å². The van der Waals surface area contributed by atoms with Crippen molar-refractivity contribution in [3.8, 4) is 0 Å². The zero-order valence-corrected chi connectivity index (χ0v) is 11.8. The van der Waals surface area contributed by atoms with Gasteiger partial charge in [0.15, 0.2) is 0 Å². The molecule has 0 aliphatic heterocycles. The van der Waals surface area contributed by atoms with Crippen LogP contribution < -0.4 is 11.2 Å². The van der Waals surface area contributed by atoms with Gasteiger partial charge in [-0.15, -0.1) is 0 Å². The fourth-order valence-corrected chi connectivity index (χ4v) is 1.05. The monoisotopic (exact) mass is 273 g/mol. The first-order chi connectivity index (χ1) is 8.30. The standard InChI is InChI=1S/C11H19N3O3S/c1-5-16-7-6-8(14-12)9(18)13-10(15)17-11(2,3)4/h6-7H,5,12H2,1-4H3,(H,13,15,18)/b7-6+,14-8?. The summed E-state index contributed by atoms with van der Waals surface area (Å²) in [6, 6.07) is 0. The van der Waals surface area contributed by atoms with Gasteiger partial charge in [-0.2, -0.15) is 5.10 Å². The first-order valence-electron chi connectivity index (χ1n) is 5.40. The van der Waals surface area contributed by atoms with Crippen LogP contribution in [0.15, 0.2) is 17.4 Å². The smallest absolute Gasteiger partial charge is 0.412 e. The Balaban J connectivity index is 4.42. The van der Waals surface area contributed by atoms with Crippen LogP contribution in [0.3, 0.4) is 0 Å². The van der Waals surface area contributed by atoms with Gasteiger partial charge in [0.05, 0.1) is 12.9 Å². The van der Waals surface area contributed by atoms with Crippen LogP contribution in [0.2, 0.25) is 0 Å². The molecule has 0 spiro atoms. The highest BCUT2D eigenvalue weighted by Crippen LogP contribution is 2.06. The molecule has 18 heavy (non-hydrogen) atoms. The molecule has 0 bridgehead atoms. The Morgan fingerprint density at radius 3 is 2.56 bits per heavy atom. The lowest BCUT2D eigenvalue weighted by Crippen LogP contribution is -2.38. The predicted octanol–water partition coefficient (Wildman–Crippen LogP) is 1.70. The van der Waals surface area contributed by atoms with Crippen molar-refractivity contribution in [2.45, 2.75) is 33.3 Å². The van der Waals surface area contributed by atoms with E-state index in [9.17, 15) is 4.79 Å². The predicted molar refractivity (Wildman–Crippen MR) is 74.4 cm³/mol. The third-order valence-electron chi connectivity index (χ3n) is 1.48. The molecular formula is C11H19N3O3S. The summed E-state index contributed by atoms with van der Waals surface area (Å²) in [5.74, 6) is 5.16. The van der Waals surface area contributed by atoms with Gasteiger partial charge in [0.2, 0.25) is 0 Å². The van der Waals surface area contributed by atoms with Crippen molar-refractivity contribution in [2.24, 2.45) is 10.9 Å². The quantitative estimate of drug-likeness (QED) is 0.268. The Hall–Kier alpha value is -1.63. The summed E-state index contributed by atoms with van der Waals surface area (Å²) in [5.41, 5.74) is -0.370. The van der Waals surface area contributed by atoms with E-state index in [1.165, 1.54) is 12.3 Å². The van der Waals surface area contributed by atoms with E-state index in [0.717, 1.165) is 0 Å². The van der Waals surface area contributed by atoms with Crippen molar-refractivity contribution >= 4 is 29.0 Å². The lowest BCUT2D eigenvalue weighted by molar-refractivity contribution is 0.0565. The maximum absolute atomic E-state index is 11.4. The molecule has 0 fully saturated rings. The van der Waals surface area contributed by atoms with Crippen LogP contribution in [-0.4, -0.2) is 29.0 Å². The zero-order chi connectivity index (χ0) is 14.2. The van der Waals surface area contributed by atoms with Crippen LogP contribution in [0.25, 0.3) is 0 Å². The summed E-state index contributed by atoms with van der Waals surface area (Å²) in [4.78, 5) is 11.5. The fourth-order valence-electron chi connectivity index (χ4n) is 0.846. The molecule has 1 amide bonds. The number of nitrogens with one attached hydrogen (secondary N) is 1. The number of ether oxygens (including phenoxy) is 2. The van der Waals surface area contributed by atoms with Crippen LogP contribution in [-0.2, 0) is 9.47 Å². The second-order valence-corrected chi connectivity index (χ2v) is 4.64. The average Bonchev–Trinajstić information content (AvgIpc) is 2.21. The molecule has 0 saturated carbocycles. The lowest BCUT2D eigenvalue weighted by Gasteiger charge is -2.19. The summed E-state index contributed by atoms with van der Waals surface area (Å²) in [6.45, 7) is 7.61. The van der Waals surface area contributed by atoms with Crippen LogP contribution in [0.5, 0.6) is 0 Å². The van der Waals surface area contributed by atoms with Gasteiger partial charge in [0, 0.05) is 6.08 Å². The molecule has 7 heteroatoms. The summed E-state index contributed by atoms with van der Waals surface area (Å²) < 4.78 is 10.0. The van der Waals surface area contributed by atoms with Crippen molar-refractivity contribution < 1.29 is 14.3 Å². The minimum absolute atomic E-state index is 0.0719. The number of nitrogens with zero attached hydrogens (tertiary/aromatic N) is 1. The van der Waals surface area contributed by atoms with Gasteiger partial charge < -0.3 is 15.3 Å². The zero-order valence-electron chi connectivity index (χ0n) is 11.0. The number of carbonyl (C=O) groups is 1. The highest BCUT2D eigenvalue weighted by atomic mass is 32.1. The molecule has 102 valence electrons. The first kappa shape index (κ1) is 16.4. The lowest BCUT2D eigenvalue weighted by atomic mass is 10.2. The Morgan fingerprint density at radius 2 is 2.11 bits per heavy atom. The minimum Gasteiger partial charge on any atom is -0.501 e. The fraction of sp³-hybridized carbons (Fsp3) is 0.545. The number of carbonyl (C=O) groups excluding carboxylic acids is 1. The highest BCUT2D eigenvalue weighted by molar-refractivity contribution is 7.82. The molecule has 0 unspecified atom stereocenters. The first-order valence-corrected chi connectivity index (χ1v) is 5.81. The number of thiocarbonyl (C=S) groups is 1. The van der Waals surface area contributed by atoms with E-state index in [1.54, 1.807) is 20.8 Å². The van der Waals surface area contributed by atoms with Gasteiger partial charge in [0.25, 0.3) is 0 Å². The molecule has 0 heterocycles. The van der Waals surface area contributed by atoms with Gasteiger partial charge in [-0.05, 0) is 27.7 Å². The molecular weight excluding hydrogens is 254 g/mol. The summed E-state index contributed by atoms with van der Waals surface area (Å²) in [5, 5.41) is 5.81. The molecule has 0 saturated heterocycles. The van der Waals surface area contributed by atoms with E-state index in [-0.39, 0.29) is 10.7 Å². The molecule has 6 nitrogen and oxygen atoms in total. The molecule has 0 aliphatic rings. The number of rotatable bonds is 4. The second kappa shape index (κ2) is 7.65. The molecule has 0 aromatic heterocycles. The van der Waals surface area contributed by atoms with E-state index in [1.807, 2.05) is 6.92 Å². The Morgan fingerprint density at radius 1 is 1.50 bits per heavy atom. The highest BCUT2D eigenvalue weighted by Gasteiger charge is 2.18. The van der Waals surface area contributed by atoms with Gasteiger partial charge >= 0.3 is 6.09 Å². The van der Waals surface area contributed by atoms with Gasteiger partial charge in [-0.1, -0.05) is 12.2 Å². The van der Waals surface area contributed by atoms with E-state index >= 15 is 0 Å². The normalized spacial score (nSPS) is 12.3. The SMILES string of the molecule is CCO/C=C/C(=NN)C(=S)NC(=O)OC(C)(C)C. The van der Waals surface area contributed by atoms with Crippen molar-refractivity contribution in [3.05, 3.63) is 12.3 Å². The topological polar surface area (TPSA) is 85.9 Å². The number of amides is 1. The molecule has 0 aromatic rings. The van der Waals surface area contributed by atoms with Crippen molar-refractivity contribution in [3.63, 3.8) is 0 Å². The van der Waals surface area contributed by atoms with E-state index in [4.69, 9.17) is 27.5 Å². The number of hydrogen-bond acceptors (Lipinski definition) is 6. The third kappa shape index (κ3) is 7.61. The van der Waals surface area contributed by atoms with Crippen molar-refractivity contribution in [1.82, 2.24) is 5.32 Å². The minimum atomic E-state index is -0.654. The Bertz CT molecular complexity index is 359. The largest absolute Gasteiger partial charge is 0.501 e. The third-order valence-corrected chi connectivity index (χ3v) is 1.79. The maximum atomic E-state index is 11.4. The van der Waals surface area contributed by atoms with E-state index in [2.05, 4.69) is 10.4 Å². The Kier molecular flexibility index (Phi) is 6.96. The summed E-state index contributed by atoms with van der Waals surface area (Å²) >= 11 is 4.96. The van der Waals surface area contributed by atoms with Gasteiger partial charge in [-0.25, -0.2) is 4.79 Å². The van der Waals surface area contributed by atoms with E-state index in [0.29, 0.717) is 6.61 Å². The molecule has 0 rings (SSSR count). The van der Waals surface area contributed by atoms with Crippen molar-refractivity contribution in [1.29, 1.82) is 0 Å². The number of hydrazone groups is 1.